The number of unbranched alkanes of at least 4 members (excludes halogenated alkanes) is 5. The summed E-state index contributed by atoms with van der Waals surface area (Å²) in [6.07, 6.45) is 8.84. The van der Waals surface area contributed by atoms with E-state index in [9.17, 15) is 4.79 Å². The van der Waals surface area contributed by atoms with Crippen LogP contribution in [0, 0.1) is 13.8 Å². The van der Waals surface area contributed by atoms with Gasteiger partial charge in [-0.1, -0.05) is 51.2 Å². The molecule has 0 aliphatic carbocycles. The van der Waals surface area contributed by atoms with Gasteiger partial charge in [-0.15, -0.1) is 0 Å². The first kappa shape index (κ1) is 20.2. The number of rotatable bonds is 11. The van der Waals surface area contributed by atoms with E-state index in [4.69, 9.17) is 0 Å². The fourth-order valence-electron chi connectivity index (χ4n) is 3.17. The third-order valence-electron chi connectivity index (χ3n) is 4.68. The van der Waals surface area contributed by atoms with Crippen molar-refractivity contribution in [2.75, 3.05) is 6.54 Å². The second kappa shape index (κ2) is 10.8. The molecule has 0 unspecified atom stereocenters. The van der Waals surface area contributed by atoms with E-state index in [2.05, 4.69) is 54.6 Å². The largest absolute Gasteiger partial charge is 0.356 e. The number of amides is 1. The number of hydrogen-bond donors (Lipinski definition) is 1. The van der Waals surface area contributed by atoms with Crippen molar-refractivity contribution in [1.29, 1.82) is 0 Å². The number of aryl methyl sites for hydroxylation is 3. The molecule has 26 heavy (non-hydrogen) atoms. The fraction of sp³-hybridized carbons (Fsp3) is 0.545. The van der Waals surface area contributed by atoms with Gasteiger partial charge in [0, 0.05) is 18.7 Å². The second-order valence-electron chi connectivity index (χ2n) is 7.12. The van der Waals surface area contributed by atoms with E-state index < -0.39 is 0 Å². The molecule has 2 aromatic rings. The van der Waals surface area contributed by atoms with Gasteiger partial charge >= 0.3 is 0 Å². The molecule has 4 heteroatoms. The number of nitrogens with zero attached hydrogens (tertiary/aromatic N) is 2. The summed E-state index contributed by atoms with van der Waals surface area (Å²) in [5.41, 5.74) is 4.40. The summed E-state index contributed by atoms with van der Waals surface area (Å²) in [4.78, 5) is 12.0. The Bertz CT molecular complexity index is 673. The highest BCUT2D eigenvalue weighted by Gasteiger charge is 2.05. The summed E-state index contributed by atoms with van der Waals surface area (Å²) in [6, 6.07) is 10.4. The topological polar surface area (TPSA) is 46.9 Å². The van der Waals surface area contributed by atoms with E-state index in [1.807, 2.05) is 11.6 Å². The monoisotopic (exact) mass is 355 g/mol. The second-order valence-corrected chi connectivity index (χ2v) is 7.12. The molecule has 4 nitrogen and oxygen atoms in total. The summed E-state index contributed by atoms with van der Waals surface area (Å²) < 4.78 is 1.95. The first-order valence-electron chi connectivity index (χ1n) is 9.99. The fourth-order valence-corrected chi connectivity index (χ4v) is 3.17. The van der Waals surface area contributed by atoms with Crippen molar-refractivity contribution in [3.8, 4) is 5.69 Å². The average molecular weight is 356 g/mol. The van der Waals surface area contributed by atoms with Crippen LogP contribution in [0.4, 0.5) is 0 Å². The zero-order chi connectivity index (χ0) is 18.8. The third-order valence-corrected chi connectivity index (χ3v) is 4.68. The van der Waals surface area contributed by atoms with Gasteiger partial charge in [0.1, 0.15) is 0 Å². The van der Waals surface area contributed by atoms with Gasteiger partial charge in [0.2, 0.25) is 5.91 Å². The maximum absolute atomic E-state index is 12.0. The highest BCUT2D eigenvalue weighted by atomic mass is 16.1. The number of nitrogens with one attached hydrogen (secondary N) is 1. The van der Waals surface area contributed by atoms with Gasteiger partial charge in [-0.05, 0) is 50.5 Å². The maximum Gasteiger partial charge on any atom is 0.220 e. The predicted molar refractivity (Wildman–Crippen MR) is 108 cm³/mol. The summed E-state index contributed by atoms with van der Waals surface area (Å²) in [5.74, 6) is 0.154. The Kier molecular flexibility index (Phi) is 8.39. The van der Waals surface area contributed by atoms with Gasteiger partial charge in [-0.25, -0.2) is 4.68 Å². The van der Waals surface area contributed by atoms with Crippen LogP contribution in [-0.4, -0.2) is 22.2 Å². The molecule has 0 aliphatic heterocycles. The smallest absolute Gasteiger partial charge is 0.220 e. The van der Waals surface area contributed by atoms with E-state index in [1.165, 1.54) is 37.7 Å². The highest BCUT2D eigenvalue weighted by molar-refractivity contribution is 5.76. The Morgan fingerprint density at radius 1 is 1.04 bits per heavy atom. The molecule has 0 atom stereocenters. The Morgan fingerprint density at radius 3 is 2.38 bits per heavy atom. The molecule has 0 bridgehead atoms. The molecule has 142 valence electrons. The zero-order valence-corrected chi connectivity index (χ0v) is 16.6. The standard InChI is InChI=1S/C22H33N3O/c1-4-5-6-7-8-9-16-23-22(26)15-12-20-10-13-21(14-11-20)25-19(3)17-18(2)24-25/h10-11,13-14,17H,4-9,12,15-16H2,1-3H3,(H,23,26). The Hall–Kier alpha value is -2.10. The van der Waals surface area contributed by atoms with Crippen LogP contribution in [0.2, 0.25) is 0 Å². The van der Waals surface area contributed by atoms with Crippen molar-refractivity contribution in [3.63, 3.8) is 0 Å². The minimum Gasteiger partial charge on any atom is -0.356 e. The number of hydrogen-bond acceptors (Lipinski definition) is 2. The van der Waals surface area contributed by atoms with Crippen LogP contribution in [-0.2, 0) is 11.2 Å². The van der Waals surface area contributed by atoms with E-state index in [1.54, 1.807) is 0 Å². The Labute approximate surface area is 158 Å². The molecule has 0 radical (unpaired) electrons. The molecular formula is C22H33N3O. The summed E-state index contributed by atoms with van der Waals surface area (Å²) >= 11 is 0. The third kappa shape index (κ3) is 6.66. The van der Waals surface area contributed by atoms with Crippen LogP contribution in [0.15, 0.2) is 30.3 Å². The van der Waals surface area contributed by atoms with Crippen molar-refractivity contribution in [3.05, 3.63) is 47.3 Å². The Morgan fingerprint density at radius 2 is 1.73 bits per heavy atom. The lowest BCUT2D eigenvalue weighted by Crippen LogP contribution is -2.24. The molecule has 1 aromatic carbocycles. The minimum absolute atomic E-state index is 0.154. The lowest BCUT2D eigenvalue weighted by Gasteiger charge is -2.07. The van der Waals surface area contributed by atoms with Gasteiger partial charge < -0.3 is 5.32 Å². The molecule has 0 saturated carbocycles. The average Bonchev–Trinajstić information content (AvgIpc) is 2.98. The van der Waals surface area contributed by atoms with Crippen LogP contribution < -0.4 is 5.32 Å². The molecule has 1 N–H and O–H groups in total. The van der Waals surface area contributed by atoms with Crippen molar-refractivity contribution >= 4 is 5.91 Å². The van der Waals surface area contributed by atoms with Gasteiger partial charge in [0.05, 0.1) is 11.4 Å². The normalized spacial score (nSPS) is 10.9. The van der Waals surface area contributed by atoms with E-state index in [0.717, 1.165) is 36.5 Å². The molecule has 1 amide bonds. The van der Waals surface area contributed by atoms with Gasteiger partial charge in [0.25, 0.3) is 0 Å². The molecule has 0 spiro atoms. The first-order chi connectivity index (χ1) is 12.6. The van der Waals surface area contributed by atoms with Crippen molar-refractivity contribution < 1.29 is 4.79 Å². The van der Waals surface area contributed by atoms with Gasteiger partial charge in [-0.2, -0.15) is 5.10 Å². The Balaban J connectivity index is 1.67. The van der Waals surface area contributed by atoms with E-state index in [-0.39, 0.29) is 5.91 Å². The van der Waals surface area contributed by atoms with Gasteiger partial charge in [0.15, 0.2) is 0 Å². The van der Waals surface area contributed by atoms with Crippen molar-refractivity contribution in [1.82, 2.24) is 15.1 Å². The molecule has 0 fully saturated rings. The first-order valence-corrected chi connectivity index (χ1v) is 9.99. The summed E-state index contributed by atoms with van der Waals surface area (Å²) in [6.45, 7) is 7.10. The lowest BCUT2D eigenvalue weighted by atomic mass is 10.1. The number of carbonyl (C=O) groups is 1. The zero-order valence-electron chi connectivity index (χ0n) is 16.6. The number of carbonyl (C=O) groups excluding carboxylic acids is 1. The molecule has 0 saturated heterocycles. The van der Waals surface area contributed by atoms with Gasteiger partial charge in [-0.3, -0.25) is 4.79 Å². The van der Waals surface area contributed by atoms with E-state index >= 15 is 0 Å². The highest BCUT2D eigenvalue weighted by Crippen LogP contribution is 2.14. The van der Waals surface area contributed by atoms with Crippen LogP contribution in [0.5, 0.6) is 0 Å². The van der Waals surface area contributed by atoms with Crippen LogP contribution in [0.25, 0.3) is 5.69 Å². The van der Waals surface area contributed by atoms with Crippen molar-refractivity contribution in [2.45, 2.75) is 72.1 Å². The quantitative estimate of drug-likeness (QED) is 0.583. The van der Waals surface area contributed by atoms with E-state index in [0.29, 0.717) is 6.42 Å². The number of aromatic nitrogens is 2. The molecule has 1 aromatic heterocycles. The van der Waals surface area contributed by atoms with Crippen LogP contribution >= 0.6 is 0 Å². The minimum atomic E-state index is 0.154. The van der Waals surface area contributed by atoms with Crippen LogP contribution in [0.1, 0.15) is 68.8 Å². The summed E-state index contributed by atoms with van der Waals surface area (Å²) in [7, 11) is 0. The SMILES string of the molecule is CCCCCCCCNC(=O)CCc1ccc(-n2nc(C)cc2C)cc1. The predicted octanol–water partition coefficient (Wildman–Crippen LogP) is 4.90. The molecular weight excluding hydrogens is 322 g/mol. The lowest BCUT2D eigenvalue weighted by molar-refractivity contribution is -0.121. The molecule has 2 rings (SSSR count). The number of benzene rings is 1. The van der Waals surface area contributed by atoms with Crippen LogP contribution in [0.3, 0.4) is 0 Å². The van der Waals surface area contributed by atoms with Crippen molar-refractivity contribution in [2.24, 2.45) is 0 Å². The molecule has 1 heterocycles. The summed E-state index contributed by atoms with van der Waals surface area (Å²) in [5, 5.41) is 7.54. The maximum atomic E-state index is 12.0. The molecule has 0 aliphatic rings.